The number of carbonyl (C=O) groups is 1. The number of amides is 1. The molecule has 2 atom stereocenters. The lowest BCUT2D eigenvalue weighted by Crippen LogP contribution is -2.36. The van der Waals surface area contributed by atoms with Gasteiger partial charge >= 0.3 is 0 Å². The first kappa shape index (κ1) is 14.1. The predicted octanol–water partition coefficient (Wildman–Crippen LogP) is 2.28. The number of nitrogens with one attached hydrogen (secondary N) is 1. The molecule has 0 aromatic heterocycles. The third kappa shape index (κ3) is 3.80. The molecule has 1 aliphatic rings. The van der Waals surface area contributed by atoms with Crippen LogP contribution in [0, 0.1) is 11.3 Å². The molecule has 1 amide bonds. The molecular formula is C16H24N2O. The second-order valence-corrected chi connectivity index (χ2v) is 6.28. The molecule has 1 fully saturated rings. The molecule has 0 radical (unpaired) electrons. The van der Waals surface area contributed by atoms with Crippen LogP contribution in [0.25, 0.3) is 0 Å². The first-order valence-corrected chi connectivity index (χ1v) is 7.06. The number of nitrogens with two attached hydrogens (primary N) is 1. The molecule has 0 saturated heterocycles. The normalized spacial score (nSPS) is 22.1. The number of carbonyl (C=O) groups excluding carboxylic acids is 1. The molecule has 0 spiro atoms. The Morgan fingerprint density at radius 1 is 1.37 bits per heavy atom. The maximum Gasteiger partial charge on any atom is 0.223 e. The third-order valence-electron chi connectivity index (χ3n) is 3.92. The first-order valence-electron chi connectivity index (χ1n) is 7.06. The summed E-state index contributed by atoms with van der Waals surface area (Å²) in [7, 11) is 0. The second-order valence-electron chi connectivity index (χ2n) is 6.28. The molecule has 1 aliphatic carbocycles. The summed E-state index contributed by atoms with van der Waals surface area (Å²) in [6, 6.07) is 10.3. The van der Waals surface area contributed by atoms with E-state index >= 15 is 0 Å². The molecule has 0 heterocycles. The molecule has 1 saturated carbocycles. The average molecular weight is 260 g/mol. The van der Waals surface area contributed by atoms with Crippen LogP contribution < -0.4 is 11.1 Å². The molecule has 19 heavy (non-hydrogen) atoms. The highest BCUT2D eigenvalue weighted by atomic mass is 16.2. The van der Waals surface area contributed by atoms with Gasteiger partial charge in [-0.15, -0.1) is 0 Å². The van der Waals surface area contributed by atoms with Gasteiger partial charge in [-0.2, -0.15) is 0 Å². The van der Waals surface area contributed by atoms with E-state index in [1.807, 2.05) is 18.2 Å². The van der Waals surface area contributed by atoms with Gasteiger partial charge in [0.1, 0.15) is 0 Å². The zero-order valence-corrected chi connectivity index (χ0v) is 11.9. The van der Waals surface area contributed by atoms with Crippen LogP contribution in [0.4, 0.5) is 0 Å². The predicted molar refractivity (Wildman–Crippen MR) is 77.8 cm³/mol. The highest BCUT2D eigenvalue weighted by Crippen LogP contribution is 2.47. The van der Waals surface area contributed by atoms with E-state index in [1.54, 1.807) is 0 Å². The monoisotopic (exact) mass is 260 g/mol. The largest absolute Gasteiger partial charge is 0.355 e. The summed E-state index contributed by atoms with van der Waals surface area (Å²) in [5.41, 5.74) is 6.94. The van der Waals surface area contributed by atoms with Gasteiger partial charge in [0, 0.05) is 12.5 Å². The topological polar surface area (TPSA) is 55.1 Å². The highest BCUT2D eigenvalue weighted by molar-refractivity contribution is 5.82. The molecule has 1 aromatic rings. The van der Waals surface area contributed by atoms with Crippen molar-refractivity contribution < 1.29 is 4.79 Å². The Balaban J connectivity index is 1.80. The minimum absolute atomic E-state index is 0.0849. The number of benzene rings is 1. The lowest BCUT2D eigenvalue weighted by Gasteiger charge is -2.24. The van der Waals surface area contributed by atoms with Crippen molar-refractivity contribution in [3.05, 3.63) is 35.9 Å². The van der Waals surface area contributed by atoms with Gasteiger partial charge in [-0.25, -0.2) is 0 Å². The SMILES string of the molecule is CC(C)(CCN)CNC(=O)C1CC1c1ccccc1. The minimum atomic E-state index is 0.0849. The van der Waals surface area contributed by atoms with E-state index in [0.29, 0.717) is 19.0 Å². The molecule has 3 N–H and O–H groups in total. The summed E-state index contributed by atoms with van der Waals surface area (Å²) in [6.45, 7) is 5.66. The fourth-order valence-corrected chi connectivity index (χ4v) is 2.49. The van der Waals surface area contributed by atoms with Crippen LogP contribution in [-0.4, -0.2) is 19.0 Å². The maximum atomic E-state index is 12.1. The molecule has 1 aromatic carbocycles. The Labute approximate surface area is 115 Å². The summed E-state index contributed by atoms with van der Waals surface area (Å²) in [4.78, 5) is 12.1. The van der Waals surface area contributed by atoms with E-state index in [-0.39, 0.29) is 17.2 Å². The van der Waals surface area contributed by atoms with Crippen LogP contribution in [0.2, 0.25) is 0 Å². The molecule has 0 bridgehead atoms. The molecular weight excluding hydrogens is 236 g/mol. The molecule has 2 rings (SSSR count). The Kier molecular flexibility index (Phi) is 4.25. The van der Waals surface area contributed by atoms with Crippen molar-refractivity contribution in [3.63, 3.8) is 0 Å². The molecule has 2 unspecified atom stereocenters. The Hall–Kier alpha value is -1.35. The lowest BCUT2D eigenvalue weighted by atomic mass is 9.89. The zero-order chi connectivity index (χ0) is 13.9. The van der Waals surface area contributed by atoms with E-state index in [2.05, 4.69) is 31.3 Å². The molecule has 3 heteroatoms. The summed E-state index contributed by atoms with van der Waals surface area (Å²) >= 11 is 0. The van der Waals surface area contributed by atoms with E-state index in [9.17, 15) is 4.79 Å². The highest BCUT2D eigenvalue weighted by Gasteiger charge is 2.43. The van der Waals surface area contributed by atoms with Gasteiger partial charge in [0.25, 0.3) is 0 Å². The van der Waals surface area contributed by atoms with Crippen molar-refractivity contribution in [1.82, 2.24) is 5.32 Å². The van der Waals surface area contributed by atoms with Gasteiger partial charge in [0.15, 0.2) is 0 Å². The second kappa shape index (κ2) is 5.74. The van der Waals surface area contributed by atoms with Gasteiger partial charge < -0.3 is 11.1 Å². The van der Waals surface area contributed by atoms with E-state index in [1.165, 1.54) is 5.56 Å². The summed E-state index contributed by atoms with van der Waals surface area (Å²) in [5, 5.41) is 3.07. The van der Waals surface area contributed by atoms with Crippen LogP contribution in [0.15, 0.2) is 30.3 Å². The summed E-state index contributed by atoms with van der Waals surface area (Å²) in [5.74, 6) is 0.772. The smallest absolute Gasteiger partial charge is 0.223 e. The Morgan fingerprint density at radius 2 is 2.05 bits per heavy atom. The Bertz CT molecular complexity index is 428. The number of rotatable bonds is 6. The number of hydrogen-bond donors (Lipinski definition) is 2. The zero-order valence-electron chi connectivity index (χ0n) is 11.9. The standard InChI is InChI=1S/C16H24N2O/c1-16(2,8-9-17)11-18-15(19)14-10-13(14)12-6-4-3-5-7-12/h3-7,13-14H,8-11,17H2,1-2H3,(H,18,19). The van der Waals surface area contributed by atoms with Crippen LogP contribution in [0.3, 0.4) is 0 Å². The average Bonchev–Trinajstić information content (AvgIpc) is 3.17. The van der Waals surface area contributed by atoms with Gasteiger partial charge in [-0.05, 0) is 36.3 Å². The fourth-order valence-electron chi connectivity index (χ4n) is 2.49. The van der Waals surface area contributed by atoms with Crippen LogP contribution in [0.1, 0.15) is 38.2 Å². The van der Waals surface area contributed by atoms with Gasteiger partial charge in [-0.3, -0.25) is 4.79 Å². The molecule has 0 aliphatic heterocycles. The minimum Gasteiger partial charge on any atom is -0.355 e. The first-order chi connectivity index (χ1) is 9.03. The number of hydrogen-bond acceptors (Lipinski definition) is 2. The third-order valence-corrected chi connectivity index (χ3v) is 3.92. The van der Waals surface area contributed by atoms with Crippen molar-refractivity contribution in [2.75, 3.05) is 13.1 Å². The summed E-state index contributed by atoms with van der Waals surface area (Å²) < 4.78 is 0. The van der Waals surface area contributed by atoms with Crippen LogP contribution >= 0.6 is 0 Å². The van der Waals surface area contributed by atoms with Crippen LogP contribution in [0.5, 0.6) is 0 Å². The maximum absolute atomic E-state index is 12.1. The van der Waals surface area contributed by atoms with E-state index in [0.717, 1.165) is 12.8 Å². The molecule has 3 nitrogen and oxygen atoms in total. The van der Waals surface area contributed by atoms with Crippen molar-refractivity contribution >= 4 is 5.91 Å². The van der Waals surface area contributed by atoms with E-state index < -0.39 is 0 Å². The van der Waals surface area contributed by atoms with Crippen molar-refractivity contribution in [2.45, 2.75) is 32.6 Å². The Morgan fingerprint density at radius 3 is 2.68 bits per heavy atom. The summed E-state index contributed by atoms with van der Waals surface area (Å²) in [6.07, 6.45) is 1.91. The van der Waals surface area contributed by atoms with Crippen molar-refractivity contribution in [3.8, 4) is 0 Å². The van der Waals surface area contributed by atoms with Gasteiger partial charge in [0.2, 0.25) is 5.91 Å². The lowest BCUT2D eigenvalue weighted by molar-refractivity contribution is -0.122. The van der Waals surface area contributed by atoms with E-state index in [4.69, 9.17) is 5.73 Å². The van der Waals surface area contributed by atoms with Crippen molar-refractivity contribution in [1.29, 1.82) is 0 Å². The quantitative estimate of drug-likeness (QED) is 0.824. The van der Waals surface area contributed by atoms with Gasteiger partial charge in [-0.1, -0.05) is 44.2 Å². The van der Waals surface area contributed by atoms with Gasteiger partial charge in [0.05, 0.1) is 0 Å². The fraction of sp³-hybridized carbons (Fsp3) is 0.562. The molecule has 104 valence electrons. The van der Waals surface area contributed by atoms with Crippen molar-refractivity contribution in [2.24, 2.45) is 17.1 Å². The van der Waals surface area contributed by atoms with Crippen LogP contribution in [-0.2, 0) is 4.79 Å².